The predicted molar refractivity (Wildman–Crippen MR) is 67.1 cm³/mol. The van der Waals surface area contributed by atoms with E-state index in [1.165, 1.54) is 23.0 Å². The van der Waals surface area contributed by atoms with Crippen LogP contribution in [-0.4, -0.2) is 15.6 Å². The van der Waals surface area contributed by atoms with Crippen LogP contribution in [0.1, 0.15) is 21.5 Å². The summed E-state index contributed by atoms with van der Waals surface area (Å²) in [7, 11) is 1.60. The van der Waals surface area contributed by atoms with Crippen molar-refractivity contribution in [3.8, 4) is 0 Å². The van der Waals surface area contributed by atoms with Gasteiger partial charge in [-0.3, -0.25) is 9.48 Å². The van der Waals surface area contributed by atoms with Gasteiger partial charge in [-0.2, -0.15) is 18.3 Å². The Morgan fingerprint density at radius 1 is 1.30 bits per heavy atom. The van der Waals surface area contributed by atoms with Gasteiger partial charge in [-0.15, -0.1) is 0 Å². The first-order valence-corrected chi connectivity index (χ1v) is 5.76. The van der Waals surface area contributed by atoms with Gasteiger partial charge in [0.15, 0.2) is 5.78 Å². The minimum absolute atomic E-state index is 0.0198. The minimum Gasteiger partial charge on any atom is -0.383 e. The molecule has 0 unspecified atom stereocenters. The van der Waals surface area contributed by atoms with Gasteiger partial charge in [0.05, 0.1) is 17.3 Å². The van der Waals surface area contributed by atoms with Gasteiger partial charge < -0.3 is 5.73 Å². The van der Waals surface area contributed by atoms with Crippen LogP contribution in [-0.2, 0) is 19.6 Å². The summed E-state index contributed by atoms with van der Waals surface area (Å²) in [4.78, 5) is 12.0. The molecule has 0 saturated carbocycles. The number of benzene rings is 1. The summed E-state index contributed by atoms with van der Waals surface area (Å²) in [5, 5.41) is 3.85. The SMILES string of the molecule is Cn1ncc(C(=O)Cc2ccc(C(F)(F)F)cc2)c1N. The van der Waals surface area contributed by atoms with Crippen molar-refractivity contribution in [2.75, 3.05) is 5.73 Å². The second-order valence-electron chi connectivity index (χ2n) is 4.36. The van der Waals surface area contributed by atoms with Crippen molar-refractivity contribution in [2.45, 2.75) is 12.6 Å². The van der Waals surface area contributed by atoms with Crippen molar-refractivity contribution in [2.24, 2.45) is 7.05 Å². The molecule has 1 heterocycles. The Hall–Kier alpha value is -2.31. The van der Waals surface area contributed by atoms with Crippen LogP contribution in [0.2, 0.25) is 0 Å². The normalized spacial score (nSPS) is 11.6. The molecule has 0 spiro atoms. The number of hydrogen-bond donors (Lipinski definition) is 1. The zero-order valence-corrected chi connectivity index (χ0v) is 10.6. The fourth-order valence-corrected chi connectivity index (χ4v) is 1.75. The Morgan fingerprint density at radius 2 is 1.90 bits per heavy atom. The van der Waals surface area contributed by atoms with E-state index in [0.29, 0.717) is 5.56 Å². The van der Waals surface area contributed by atoms with E-state index in [1.807, 2.05) is 0 Å². The first kappa shape index (κ1) is 14.1. The second-order valence-corrected chi connectivity index (χ2v) is 4.36. The molecule has 0 atom stereocenters. The Labute approximate surface area is 113 Å². The summed E-state index contributed by atoms with van der Waals surface area (Å²) in [6, 6.07) is 4.48. The van der Waals surface area contributed by atoms with Crippen LogP contribution in [0.15, 0.2) is 30.5 Å². The molecule has 0 saturated heterocycles. The van der Waals surface area contributed by atoms with Gasteiger partial charge in [0, 0.05) is 13.5 Å². The van der Waals surface area contributed by atoms with Crippen molar-refractivity contribution in [3.05, 3.63) is 47.2 Å². The smallest absolute Gasteiger partial charge is 0.383 e. The third kappa shape index (κ3) is 2.81. The number of alkyl halides is 3. The summed E-state index contributed by atoms with van der Waals surface area (Å²) in [6.45, 7) is 0. The van der Waals surface area contributed by atoms with Crippen LogP contribution in [0, 0.1) is 0 Å². The Kier molecular flexibility index (Phi) is 3.52. The highest BCUT2D eigenvalue weighted by molar-refractivity contribution is 6.01. The maximum absolute atomic E-state index is 12.4. The topological polar surface area (TPSA) is 60.9 Å². The molecule has 20 heavy (non-hydrogen) atoms. The molecule has 1 aromatic carbocycles. The highest BCUT2D eigenvalue weighted by Gasteiger charge is 2.30. The molecule has 2 aromatic rings. The Bertz CT molecular complexity index is 629. The van der Waals surface area contributed by atoms with Crippen LogP contribution in [0.4, 0.5) is 19.0 Å². The molecule has 0 aliphatic rings. The fraction of sp³-hybridized carbons (Fsp3) is 0.231. The molecular formula is C13H12F3N3O. The first-order chi connectivity index (χ1) is 9.29. The van der Waals surface area contributed by atoms with E-state index in [4.69, 9.17) is 5.73 Å². The number of hydrogen-bond acceptors (Lipinski definition) is 3. The number of halogens is 3. The average Bonchev–Trinajstić information content (AvgIpc) is 2.69. The zero-order chi connectivity index (χ0) is 14.9. The summed E-state index contributed by atoms with van der Waals surface area (Å²) >= 11 is 0. The number of nitrogens with two attached hydrogens (primary N) is 1. The quantitative estimate of drug-likeness (QED) is 0.880. The van der Waals surface area contributed by atoms with Gasteiger partial charge in [-0.05, 0) is 17.7 Å². The molecule has 0 fully saturated rings. The molecule has 0 aliphatic heterocycles. The summed E-state index contributed by atoms with van der Waals surface area (Å²) in [5.74, 6) is -0.0442. The molecule has 2 rings (SSSR count). The second kappa shape index (κ2) is 4.99. The van der Waals surface area contributed by atoms with E-state index in [0.717, 1.165) is 12.1 Å². The lowest BCUT2D eigenvalue weighted by Crippen LogP contribution is -2.08. The fourth-order valence-electron chi connectivity index (χ4n) is 1.75. The third-order valence-corrected chi connectivity index (χ3v) is 2.93. The summed E-state index contributed by atoms with van der Waals surface area (Å²) in [6.07, 6.45) is -3.05. The van der Waals surface area contributed by atoms with E-state index in [9.17, 15) is 18.0 Å². The molecule has 0 radical (unpaired) electrons. The molecule has 4 nitrogen and oxygen atoms in total. The summed E-state index contributed by atoms with van der Waals surface area (Å²) < 4.78 is 38.6. The van der Waals surface area contributed by atoms with Crippen molar-refractivity contribution >= 4 is 11.6 Å². The van der Waals surface area contributed by atoms with E-state index < -0.39 is 11.7 Å². The Morgan fingerprint density at radius 3 is 2.35 bits per heavy atom. The molecule has 0 bridgehead atoms. The van der Waals surface area contributed by atoms with Crippen LogP contribution >= 0.6 is 0 Å². The van der Waals surface area contributed by atoms with E-state index >= 15 is 0 Å². The van der Waals surface area contributed by atoms with Crippen LogP contribution < -0.4 is 5.73 Å². The van der Waals surface area contributed by atoms with Gasteiger partial charge in [0.1, 0.15) is 5.82 Å². The zero-order valence-electron chi connectivity index (χ0n) is 10.6. The average molecular weight is 283 g/mol. The number of carbonyl (C=O) groups is 1. The number of Topliss-reactive ketones (excluding diaryl/α,β-unsaturated/α-hetero) is 1. The highest BCUT2D eigenvalue weighted by atomic mass is 19.4. The van der Waals surface area contributed by atoms with Crippen molar-refractivity contribution in [1.82, 2.24) is 9.78 Å². The standard InChI is InChI=1S/C13H12F3N3O/c1-19-12(17)10(7-18-19)11(20)6-8-2-4-9(5-3-8)13(14,15)16/h2-5,7H,6,17H2,1H3. The van der Waals surface area contributed by atoms with Gasteiger partial charge in [0.2, 0.25) is 0 Å². The number of ketones is 1. The van der Waals surface area contributed by atoms with Crippen molar-refractivity contribution < 1.29 is 18.0 Å². The monoisotopic (exact) mass is 283 g/mol. The van der Waals surface area contributed by atoms with Crippen molar-refractivity contribution in [1.29, 1.82) is 0 Å². The Balaban J connectivity index is 2.15. The molecule has 1 aromatic heterocycles. The molecule has 0 aliphatic carbocycles. The largest absolute Gasteiger partial charge is 0.416 e. The van der Waals surface area contributed by atoms with Gasteiger partial charge in [-0.25, -0.2) is 0 Å². The number of nitrogens with zero attached hydrogens (tertiary/aromatic N) is 2. The molecule has 2 N–H and O–H groups in total. The lowest BCUT2D eigenvalue weighted by atomic mass is 10.0. The molecule has 106 valence electrons. The predicted octanol–water partition coefficient (Wildman–Crippen LogP) is 2.45. The van der Waals surface area contributed by atoms with Gasteiger partial charge >= 0.3 is 6.18 Å². The first-order valence-electron chi connectivity index (χ1n) is 5.76. The maximum atomic E-state index is 12.4. The molecular weight excluding hydrogens is 271 g/mol. The maximum Gasteiger partial charge on any atom is 0.416 e. The number of aromatic nitrogens is 2. The van der Waals surface area contributed by atoms with Crippen LogP contribution in [0.5, 0.6) is 0 Å². The molecule has 0 amide bonds. The minimum atomic E-state index is -4.38. The number of carbonyl (C=O) groups excluding carboxylic acids is 1. The van der Waals surface area contributed by atoms with Crippen LogP contribution in [0.25, 0.3) is 0 Å². The number of nitrogen functional groups attached to an aromatic ring is 1. The van der Waals surface area contributed by atoms with Gasteiger partial charge in [0.25, 0.3) is 0 Å². The highest BCUT2D eigenvalue weighted by Crippen LogP contribution is 2.29. The molecule has 7 heteroatoms. The number of anilines is 1. The van der Waals surface area contributed by atoms with E-state index in [2.05, 4.69) is 5.10 Å². The third-order valence-electron chi connectivity index (χ3n) is 2.93. The van der Waals surface area contributed by atoms with E-state index in [-0.39, 0.29) is 23.6 Å². The van der Waals surface area contributed by atoms with Crippen molar-refractivity contribution in [3.63, 3.8) is 0 Å². The lowest BCUT2D eigenvalue weighted by Gasteiger charge is -2.07. The lowest BCUT2D eigenvalue weighted by molar-refractivity contribution is -0.137. The van der Waals surface area contributed by atoms with Gasteiger partial charge in [-0.1, -0.05) is 12.1 Å². The number of aryl methyl sites for hydroxylation is 1. The van der Waals surface area contributed by atoms with Crippen LogP contribution in [0.3, 0.4) is 0 Å². The summed E-state index contributed by atoms with van der Waals surface area (Å²) in [5.41, 5.74) is 5.69. The van der Waals surface area contributed by atoms with E-state index in [1.54, 1.807) is 7.05 Å². The number of rotatable bonds is 3.